The minimum atomic E-state index is -3.42. The quantitative estimate of drug-likeness (QED) is 0.761. The number of nitrogens with one attached hydrogen (secondary N) is 1. The van der Waals surface area contributed by atoms with Crippen LogP contribution in [0.25, 0.3) is 11.1 Å². The van der Waals surface area contributed by atoms with Gasteiger partial charge in [0.05, 0.1) is 12.9 Å². The van der Waals surface area contributed by atoms with E-state index in [1.54, 1.807) is 38.5 Å². The lowest BCUT2D eigenvalue weighted by Gasteiger charge is -2.14. The van der Waals surface area contributed by atoms with Gasteiger partial charge in [0.15, 0.2) is 5.75 Å². The van der Waals surface area contributed by atoms with E-state index in [2.05, 4.69) is 16.6 Å². The zero-order valence-electron chi connectivity index (χ0n) is 15.6. The number of aryl methyl sites for hydroxylation is 2. The van der Waals surface area contributed by atoms with Crippen LogP contribution in [0.2, 0.25) is 0 Å². The summed E-state index contributed by atoms with van der Waals surface area (Å²) in [7, 11) is -0.316. The zero-order chi connectivity index (χ0) is 19.3. The number of pyridine rings is 2. The highest BCUT2D eigenvalue weighted by Crippen LogP contribution is 2.28. The maximum Gasteiger partial charge on any atom is 0.292 e. The van der Waals surface area contributed by atoms with Crippen molar-refractivity contribution in [2.45, 2.75) is 33.1 Å². The molecule has 2 aromatic rings. The highest BCUT2D eigenvalue weighted by molar-refractivity contribution is 7.92. The van der Waals surface area contributed by atoms with E-state index in [1.165, 1.54) is 11.7 Å². The fourth-order valence-electron chi connectivity index (χ4n) is 2.58. The fourth-order valence-corrected chi connectivity index (χ4v) is 3.16. The van der Waals surface area contributed by atoms with Gasteiger partial charge in [0.1, 0.15) is 5.82 Å². The third-order valence-corrected chi connectivity index (χ3v) is 5.39. The molecular formula is C18H25N3O4S. The van der Waals surface area contributed by atoms with E-state index in [4.69, 9.17) is 4.74 Å². The number of rotatable bonds is 8. The zero-order valence-corrected chi connectivity index (χ0v) is 16.4. The second-order valence-electron chi connectivity index (χ2n) is 6.05. The highest BCUT2D eigenvalue weighted by atomic mass is 32.2. The van der Waals surface area contributed by atoms with Gasteiger partial charge >= 0.3 is 0 Å². The van der Waals surface area contributed by atoms with Gasteiger partial charge in [-0.3, -0.25) is 9.52 Å². The fraction of sp³-hybridized carbons (Fsp3) is 0.444. The summed E-state index contributed by atoms with van der Waals surface area (Å²) in [5.41, 5.74) is 2.37. The number of aromatic nitrogens is 2. The van der Waals surface area contributed by atoms with Crippen molar-refractivity contribution in [1.82, 2.24) is 9.55 Å². The molecule has 0 atom stereocenters. The van der Waals surface area contributed by atoms with E-state index >= 15 is 0 Å². The molecule has 0 aliphatic rings. The van der Waals surface area contributed by atoms with Gasteiger partial charge in [-0.2, -0.15) is 0 Å². The lowest BCUT2D eigenvalue weighted by molar-refractivity contribution is 0.405. The van der Waals surface area contributed by atoms with Crippen molar-refractivity contribution < 1.29 is 13.2 Å². The van der Waals surface area contributed by atoms with Gasteiger partial charge in [-0.25, -0.2) is 13.4 Å². The molecule has 0 bridgehead atoms. The standard InChI is InChI=1S/C18H25N3O4S/c1-5-7-8-13-11-19-17(20-26(23,24)6-2)10-15(13)14-9-16(25-4)18(22)21(3)12-14/h9-12H,5-8H2,1-4H3,(H,19,20). The molecule has 2 aromatic heterocycles. The van der Waals surface area contributed by atoms with Gasteiger partial charge in [0, 0.05) is 25.0 Å². The summed E-state index contributed by atoms with van der Waals surface area (Å²) < 4.78 is 32.8. The van der Waals surface area contributed by atoms with E-state index in [9.17, 15) is 13.2 Å². The average Bonchev–Trinajstić information content (AvgIpc) is 2.62. The average molecular weight is 379 g/mol. The largest absolute Gasteiger partial charge is 0.491 e. The van der Waals surface area contributed by atoms with Gasteiger partial charge in [0.25, 0.3) is 5.56 Å². The Balaban J connectivity index is 2.59. The Morgan fingerprint density at radius 3 is 2.62 bits per heavy atom. The van der Waals surface area contributed by atoms with Crippen LogP contribution in [0.1, 0.15) is 32.3 Å². The van der Waals surface area contributed by atoms with Crippen LogP contribution in [0, 0.1) is 0 Å². The SMILES string of the molecule is CCCCc1cnc(NS(=O)(=O)CC)cc1-c1cc(OC)c(=O)n(C)c1. The normalized spacial score (nSPS) is 11.4. The molecule has 2 heterocycles. The van der Waals surface area contributed by atoms with Crippen LogP contribution < -0.4 is 15.0 Å². The number of anilines is 1. The molecular weight excluding hydrogens is 354 g/mol. The summed E-state index contributed by atoms with van der Waals surface area (Å²) >= 11 is 0. The Bertz CT molecular complexity index is 936. The molecule has 2 rings (SSSR count). The Morgan fingerprint density at radius 1 is 1.27 bits per heavy atom. The summed E-state index contributed by atoms with van der Waals surface area (Å²) in [4.78, 5) is 16.3. The second-order valence-corrected chi connectivity index (χ2v) is 8.06. The van der Waals surface area contributed by atoms with Gasteiger partial charge in [-0.15, -0.1) is 0 Å². The van der Waals surface area contributed by atoms with Crippen molar-refractivity contribution >= 4 is 15.8 Å². The molecule has 8 heteroatoms. The molecule has 0 spiro atoms. The molecule has 0 aromatic carbocycles. The molecule has 0 amide bonds. The summed E-state index contributed by atoms with van der Waals surface area (Å²) in [6.07, 6.45) is 6.23. The Morgan fingerprint density at radius 2 is 2.00 bits per heavy atom. The van der Waals surface area contributed by atoms with E-state index in [0.717, 1.165) is 36.0 Å². The molecule has 0 radical (unpaired) electrons. The van der Waals surface area contributed by atoms with E-state index in [0.29, 0.717) is 0 Å². The Labute approximate surface area is 154 Å². The molecule has 0 fully saturated rings. The first-order valence-corrected chi connectivity index (χ1v) is 10.2. The molecule has 0 aliphatic carbocycles. The first-order chi connectivity index (χ1) is 12.3. The van der Waals surface area contributed by atoms with E-state index in [1.807, 2.05) is 0 Å². The van der Waals surface area contributed by atoms with Crippen LogP contribution in [-0.4, -0.2) is 30.8 Å². The summed E-state index contributed by atoms with van der Waals surface area (Å²) in [6, 6.07) is 3.38. The lowest BCUT2D eigenvalue weighted by Crippen LogP contribution is -2.18. The predicted octanol–water partition coefficient (Wildman–Crippen LogP) is 2.56. The number of unbranched alkanes of at least 4 members (excludes halogenated alkanes) is 1. The summed E-state index contributed by atoms with van der Waals surface area (Å²) in [5.74, 6) is 0.462. The number of hydrogen-bond donors (Lipinski definition) is 1. The predicted molar refractivity (Wildman–Crippen MR) is 103 cm³/mol. The van der Waals surface area contributed by atoms with Crippen LogP contribution >= 0.6 is 0 Å². The van der Waals surface area contributed by atoms with Gasteiger partial charge in [-0.05, 0) is 43.0 Å². The van der Waals surface area contributed by atoms with Crippen molar-refractivity contribution in [3.8, 4) is 16.9 Å². The lowest BCUT2D eigenvalue weighted by atomic mass is 9.99. The molecule has 0 aliphatic heterocycles. The molecule has 0 saturated heterocycles. The molecule has 7 nitrogen and oxygen atoms in total. The first kappa shape index (κ1) is 20.0. The number of methoxy groups -OCH3 is 1. The molecule has 0 unspecified atom stereocenters. The van der Waals surface area contributed by atoms with Gasteiger partial charge in [-0.1, -0.05) is 13.3 Å². The summed E-state index contributed by atoms with van der Waals surface area (Å²) in [6.45, 7) is 3.67. The van der Waals surface area contributed by atoms with Crippen molar-refractivity contribution in [2.75, 3.05) is 17.6 Å². The smallest absolute Gasteiger partial charge is 0.292 e. The molecule has 0 saturated carbocycles. The molecule has 142 valence electrons. The maximum absolute atomic E-state index is 12.1. The topological polar surface area (TPSA) is 90.3 Å². The molecule has 1 N–H and O–H groups in total. The first-order valence-electron chi connectivity index (χ1n) is 8.55. The van der Waals surface area contributed by atoms with Crippen LogP contribution in [-0.2, 0) is 23.5 Å². The molecule has 26 heavy (non-hydrogen) atoms. The third-order valence-electron chi connectivity index (χ3n) is 4.11. The van der Waals surface area contributed by atoms with Crippen LogP contribution in [0.5, 0.6) is 5.75 Å². The van der Waals surface area contributed by atoms with E-state index < -0.39 is 10.0 Å². The second kappa shape index (κ2) is 8.35. The number of hydrogen-bond acceptors (Lipinski definition) is 5. The number of sulfonamides is 1. The monoisotopic (exact) mass is 379 g/mol. The highest BCUT2D eigenvalue weighted by Gasteiger charge is 2.14. The number of ether oxygens (including phenoxy) is 1. The Hall–Kier alpha value is -2.35. The van der Waals surface area contributed by atoms with Crippen LogP contribution in [0.4, 0.5) is 5.82 Å². The van der Waals surface area contributed by atoms with E-state index in [-0.39, 0.29) is 22.9 Å². The van der Waals surface area contributed by atoms with Gasteiger partial charge < -0.3 is 9.30 Å². The van der Waals surface area contributed by atoms with Crippen LogP contribution in [0.15, 0.2) is 29.3 Å². The maximum atomic E-state index is 12.1. The van der Waals surface area contributed by atoms with Crippen molar-refractivity contribution in [1.29, 1.82) is 0 Å². The minimum absolute atomic E-state index is 0.0325. The minimum Gasteiger partial charge on any atom is -0.491 e. The van der Waals surface area contributed by atoms with Crippen molar-refractivity contribution in [3.63, 3.8) is 0 Å². The Kier molecular flexibility index (Phi) is 6.42. The summed E-state index contributed by atoms with van der Waals surface area (Å²) in [5, 5.41) is 0. The third kappa shape index (κ3) is 4.63. The van der Waals surface area contributed by atoms with Gasteiger partial charge in [0.2, 0.25) is 10.0 Å². The van der Waals surface area contributed by atoms with Crippen molar-refractivity contribution in [2.24, 2.45) is 7.05 Å². The van der Waals surface area contributed by atoms with Crippen molar-refractivity contribution in [3.05, 3.63) is 40.4 Å². The number of nitrogens with zero attached hydrogens (tertiary/aromatic N) is 2. The van der Waals surface area contributed by atoms with Crippen LogP contribution in [0.3, 0.4) is 0 Å².